The molecule has 1 saturated heterocycles. The molecule has 0 aliphatic carbocycles. The number of rotatable bonds is 7. The number of amides is 1. The quantitative estimate of drug-likeness (QED) is 0.796. The molecule has 0 saturated carbocycles. The zero-order valence-electron chi connectivity index (χ0n) is 15.2. The number of benzene rings is 1. The van der Waals surface area contributed by atoms with Crippen molar-refractivity contribution in [3.8, 4) is 0 Å². The van der Waals surface area contributed by atoms with Crippen LogP contribution in [0, 0.1) is 5.92 Å². The summed E-state index contributed by atoms with van der Waals surface area (Å²) in [6.07, 6.45) is 1.31. The molecule has 0 aromatic heterocycles. The van der Waals surface area contributed by atoms with Crippen molar-refractivity contribution < 1.29 is 17.9 Å². The third-order valence-electron chi connectivity index (χ3n) is 4.27. The molecule has 140 valence electrons. The largest absolute Gasteiger partial charge is 0.378 e. The Kier molecular flexibility index (Phi) is 6.98. The fraction of sp³-hybridized carbons (Fsp3) is 0.611. The first-order chi connectivity index (χ1) is 11.8. The number of ether oxygens (including phenoxy) is 1. The monoisotopic (exact) mass is 368 g/mol. The highest BCUT2D eigenvalue weighted by atomic mass is 32.2. The maximum atomic E-state index is 12.8. The maximum absolute atomic E-state index is 12.8. The van der Waals surface area contributed by atoms with E-state index in [1.165, 1.54) is 0 Å². The van der Waals surface area contributed by atoms with E-state index in [1.54, 1.807) is 29.2 Å². The van der Waals surface area contributed by atoms with Gasteiger partial charge in [0.05, 0.1) is 18.1 Å². The third-order valence-corrected chi connectivity index (χ3v) is 5.75. The molecule has 0 bridgehead atoms. The van der Waals surface area contributed by atoms with Crippen LogP contribution < -0.4 is 4.72 Å². The molecule has 25 heavy (non-hydrogen) atoms. The van der Waals surface area contributed by atoms with Crippen LogP contribution in [0.5, 0.6) is 0 Å². The Morgan fingerprint density at radius 3 is 2.32 bits per heavy atom. The lowest BCUT2D eigenvalue weighted by Gasteiger charge is -2.31. The zero-order valence-corrected chi connectivity index (χ0v) is 16.0. The molecule has 1 amide bonds. The molecule has 1 aromatic rings. The van der Waals surface area contributed by atoms with E-state index in [2.05, 4.69) is 4.72 Å². The maximum Gasteiger partial charge on any atom is 0.241 e. The summed E-state index contributed by atoms with van der Waals surface area (Å²) in [5.41, 5.74) is 1.07. The molecule has 0 spiro atoms. The number of hydrogen-bond donors (Lipinski definition) is 1. The predicted octanol–water partition coefficient (Wildman–Crippen LogP) is 1.80. The van der Waals surface area contributed by atoms with E-state index < -0.39 is 16.1 Å². The van der Waals surface area contributed by atoms with Crippen molar-refractivity contribution in [1.29, 1.82) is 0 Å². The van der Waals surface area contributed by atoms with Crippen molar-refractivity contribution in [2.24, 2.45) is 5.92 Å². The molecule has 1 heterocycles. The van der Waals surface area contributed by atoms with Crippen molar-refractivity contribution in [2.45, 2.75) is 44.6 Å². The number of sulfonamides is 1. The van der Waals surface area contributed by atoms with Crippen LogP contribution in [0.15, 0.2) is 29.2 Å². The number of nitrogens with one attached hydrogen (secondary N) is 1. The van der Waals surface area contributed by atoms with Crippen molar-refractivity contribution in [3.05, 3.63) is 29.8 Å². The lowest BCUT2D eigenvalue weighted by molar-refractivity contribution is -0.137. The summed E-state index contributed by atoms with van der Waals surface area (Å²) < 4.78 is 33.3. The van der Waals surface area contributed by atoms with Gasteiger partial charge in [-0.3, -0.25) is 4.79 Å². The number of aryl methyl sites for hydroxylation is 1. The second kappa shape index (κ2) is 8.78. The van der Waals surface area contributed by atoms with Gasteiger partial charge in [0.2, 0.25) is 15.9 Å². The van der Waals surface area contributed by atoms with Crippen molar-refractivity contribution in [1.82, 2.24) is 9.62 Å². The fourth-order valence-electron chi connectivity index (χ4n) is 2.83. The fourth-order valence-corrected chi connectivity index (χ4v) is 4.04. The minimum absolute atomic E-state index is 0.175. The standard InChI is InChI=1S/C18H28N2O4S/c1-4-15-5-7-16(8-6-15)25(22,23)19-17(13-14(2)3)18(21)20-9-11-24-12-10-20/h5-8,14,17,19H,4,9-13H2,1-3H3/t17-/m1/s1. The molecule has 0 unspecified atom stereocenters. The highest BCUT2D eigenvalue weighted by Gasteiger charge is 2.30. The zero-order chi connectivity index (χ0) is 18.4. The normalized spacial score (nSPS) is 16.9. The highest BCUT2D eigenvalue weighted by Crippen LogP contribution is 2.15. The van der Waals surface area contributed by atoms with E-state index in [1.807, 2.05) is 20.8 Å². The molecule has 2 rings (SSSR count). The van der Waals surface area contributed by atoms with Crippen LogP contribution in [0.1, 0.15) is 32.8 Å². The van der Waals surface area contributed by atoms with Gasteiger partial charge in [-0.25, -0.2) is 8.42 Å². The molecule has 1 aliphatic heterocycles. The van der Waals surface area contributed by atoms with E-state index in [0.717, 1.165) is 12.0 Å². The van der Waals surface area contributed by atoms with Gasteiger partial charge in [0.15, 0.2) is 0 Å². The highest BCUT2D eigenvalue weighted by molar-refractivity contribution is 7.89. The van der Waals surface area contributed by atoms with Gasteiger partial charge in [-0.05, 0) is 36.5 Å². The van der Waals surface area contributed by atoms with Gasteiger partial charge in [-0.1, -0.05) is 32.9 Å². The van der Waals surface area contributed by atoms with Crippen LogP contribution in [-0.2, 0) is 26.0 Å². The van der Waals surface area contributed by atoms with Gasteiger partial charge in [-0.2, -0.15) is 4.72 Å². The molecule has 1 fully saturated rings. The molecular formula is C18H28N2O4S. The van der Waals surface area contributed by atoms with Gasteiger partial charge in [0, 0.05) is 13.1 Å². The summed E-state index contributed by atoms with van der Waals surface area (Å²) in [6.45, 7) is 7.95. The number of carbonyl (C=O) groups is 1. The van der Waals surface area contributed by atoms with E-state index in [9.17, 15) is 13.2 Å². The van der Waals surface area contributed by atoms with Crippen LogP contribution >= 0.6 is 0 Å². The Labute approximate surface area is 150 Å². The first-order valence-electron chi connectivity index (χ1n) is 8.81. The summed E-state index contributed by atoms with van der Waals surface area (Å²) in [4.78, 5) is 14.7. The van der Waals surface area contributed by atoms with Crippen molar-refractivity contribution >= 4 is 15.9 Å². The van der Waals surface area contributed by atoms with Gasteiger partial charge >= 0.3 is 0 Å². The summed E-state index contributed by atoms with van der Waals surface area (Å²) in [5.74, 6) is 0.0194. The van der Waals surface area contributed by atoms with Gasteiger partial charge in [0.1, 0.15) is 6.04 Å². The van der Waals surface area contributed by atoms with Crippen LogP contribution in [0.2, 0.25) is 0 Å². The Balaban J connectivity index is 2.17. The minimum atomic E-state index is -3.74. The number of hydrogen-bond acceptors (Lipinski definition) is 4. The van der Waals surface area contributed by atoms with Crippen LogP contribution in [0.4, 0.5) is 0 Å². The van der Waals surface area contributed by atoms with Gasteiger partial charge in [-0.15, -0.1) is 0 Å². The second-order valence-electron chi connectivity index (χ2n) is 6.74. The first-order valence-corrected chi connectivity index (χ1v) is 10.3. The molecular weight excluding hydrogens is 340 g/mol. The average molecular weight is 368 g/mol. The van der Waals surface area contributed by atoms with Gasteiger partial charge < -0.3 is 9.64 Å². The molecule has 1 N–H and O–H groups in total. The molecule has 6 nitrogen and oxygen atoms in total. The third kappa shape index (κ3) is 5.52. The van der Waals surface area contributed by atoms with E-state index in [4.69, 9.17) is 4.74 Å². The lowest BCUT2D eigenvalue weighted by Crippen LogP contribution is -2.52. The van der Waals surface area contributed by atoms with E-state index in [0.29, 0.717) is 32.7 Å². The summed E-state index contributed by atoms with van der Waals surface area (Å²) >= 11 is 0. The summed E-state index contributed by atoms with van der Waals surface area (Å²) in [7, 11) is -3.74. The smallest absolute Gasteiger partial charge is 0.241 e. The molecule has 0 radical (unpaired) electrons. The summed E-state index contributed by atoms with van der Waals surface area (Å²) in [6, 6.07) is 6.03. The van der Waals surface area contributed by atoms with Crippen LogP contribution in [0.3, 0.4) is 0 Å². The number of morpholine rings is 1. The number of nitrogens with zero attached hydrogens (tertiary/aromatic N) is 1. The first kappa shape index (κ1) is 19.9. The van der Waals surface area contributed by atoms with Crippen molar-refractivity contribution in [2.75, 3.05) is 26.3 Å². The predicted molar refractivity (Wildman–Crippen MR) is 96.8 cm³/mol. The molecule has 1 atom stereocenters. The summed E-state index contributed by atoms with van der Waals surface area (Å²) in [5, 5.41) is 0. The minimum Gasteiger partial charge on any atom is -0.378 e. The van der Waals surface area contributed by atoms with E-state index >= 15 is 0 Å². The number of carbonyl (C=O) groups excluding carboxylic acids is 1. The second-order valence-corrected chi connectivity index (χ2v) is 8.45. The SMILES string of the molecule is CCc1ccc(S(=O)(=O)N[C@H](CC(C)C)C(=O)N2CCOCC2)cc1. The Morgan fingerprint density at radius 1 is 1.20 bits per heavy atom. The molecule has 7 heteroatoms. The van der Waals surface area contributed by atoms with Crippen LogP contribution in [0.25, 0.3) is 0 Å². The molecule has 1 aromatic carbocycles. The molecule has 1 aliphatic rings. The topological polar surface area (TPSA) is 75.7 Å². The van der Waals surface area contributed by atoms with Crippen molar-refractivity contribution in [3.63, 3.8) is 0 Å². The Bertz CT molecular complexity index is 665. The van der Waals surface area contributed by atoms with E-state index in [-0.39, 0.29) is 16.7 Å². The Hall–Kier alpha value is -1.44. The average Bonchev–Trinajstić information content (AvgIpc) is 2.60. The van der Waals surface area contributed by atoms with Crippen LogP contribution in [-0.4, -0.2) is 51.6 Å². The van der Waals surface area contributed by atoms with Gasteiger partial charge in [0.25, 0.3) is 0 Å². The lowest BCUT2D eigenvalue weighted by atomic mass is 10.0. The Morgan fingerprint density at radius 2 is 1.80 bits per heavy atom.